The van der Waals surface area contributed by atoms with Gasteiger partial charge in [-0.25, -0.2) is 4.99 Å². The number of carbonyl (C=O) groups excluding carboxylic acids is 2. The first-order valence-corrected chi connectivity index (χ1v) is 8.61. The molecule has 0 fully saturated rings. The van der Waals surface area contributed by atoms with Crippen LogP contribution in [-0.4, -0.2) is 30.9 Å². The molecule has 3 rings (SSSR count). The zero-order valence-corrected chi connectivity index (χ0v) is 15.5. The summed E-state index contributed by atoms with van der Waals surface area (Å²) in [5, 5.41) is 8.54. The number of ether oxygens (including phenoxy) is 1. The van der Waals surface area contributed by atoms with Gasteiger partial charge in [0.05, 0.1) is 13.5 Å². The van der Waals surface area contributed by atoms with Gasteiger partial charge in [-0.05, 0) is 49.7 Å². The molecule has 2 aromatic carbocycles. The zero-order chi connectivity index (χ0) is 19.4. The van der Waals surface area contributed by atoms with Crippen molar-refractivity contribution in [2.45, 2.75) is 26.3 Å². The Hall–Kier alpha value is -3.35. The number of aliphatic imine (C=N–C) groups is 1. The molecule has 1 heterocycles. The van der Waals surface area contributed by atoms with Crippen molar-refractivity contribution in [3.8, 4) is 5.75 Å². The van der Waals surface area contributed by atoms with Crippen LogP contribution in [-0.2, 0) is 9.59 Å². The molecule has 0 saturated carbocycles. The van der Waals surface area contributed by atoms with Crippen molar-refractivity contribution < 1.29 is 14.3 Å². The monoisotopic (exact) mass is 366 g/mol. The third-order valence-corrected chi connectivity index (χ3v) is 4.22. The number of nitrogens with zero attached hydrogens (tertiary/aromatic N) is 1. The summed E-state index contributed by atoms with van der Waals surface area (Å²) >= 11 is 0. The number of hydrogen-bond donors (Lipinski definition) is 3. The Morgan fingerprint density at radius 1 is 1.19 bits per heavy atom. The number of benzene rings is 2. The van der Waals surface area contributed by atoms with Crippen LogP contribution in [0.1, 0.15) is 17.5 Å². The van der Waals surface area contributed by atoms with E-state index in [1.165, 1.54) is 0 Å². The van der Waals surface area contributed by atoms with Crippen LogP contribution < -0.4 is 20.7 Å². The third kappa shape index (κ3) is 4.63. The van der Waals surface area contributed by atoms with E-state index in [0.717, 1.165) is 16.8 Å². The van der Waals surface area contributed by atoms with Crippen LogP contribution in [0.5, 0.6) is 5.75 Å². The molecule has 0 bridgehead atoms. The average Bonchev–Trinajstić information content (AvgIpc) is 2.97. The fraction of sp³-hybridized carbons (Fsp3) is 0.250. The molecule has 1 unspecified atom stereocenters. The number of anilines is 2. The van der Waals surface area contributed by atoms with Crippen molar-refractivity contribution in [1.29, 1.82) is 0 Å². The van der Waals surface area contributed by atoms with Gasteiger partial charge in [0.2, 0.25) is 11.9 Å². The number of methoxy groups -OCH3 is 1. The second-order valence-electron chi connectivity index (χ2n) is 6.41. The van der Waals surface area contributed by atoms with Gasteiger partial charge in [0, 0.05) is 11.4 Å². The van der Waals surface area contributed by atoms with Gasteiger partial charge in [-0.15, -0.1) is 0 Å². The number of nitrogens with one attached hydrogen (secondary N) is 3. The van der Waals surface area contributed by atoms with Crippen LogP contribution in [0.15, 0.2) is 47.5 Å². The Morgan fingerprint density at radius 2 is 1.93 bits per heavy atom. The first-order chi connectivity index (χ1) is 12.9. The molecule has 0 spiro atoms. The highest BCUT2D eigenvalue weighted by Gasteiger charge is 2.28. The standard InChI is InChI=1S/C20H22N4O3/c1-12-4-9-16(13(2)10-12)22-20-23-17(19(26)24-20)11-18(25)21-14-5-7-15(27-3)8-6-14/h4-10,17H,11H2,1-3H3,(H,21,25)(H2,22,23,24,26). The summed E-state index contributed by atoms with van der Waals surface area (Å²) in [5.74, 6) is 0.480. The maximum absolute atomic E-state index is 12.2. The molecule has 1 aliphatic rings. The molecule has 27 heavy (non-hydrogen) atoms. The predicted molar refractivity (Wildman–Crippen MR) is 105 cm³/mol. The minimum Gasteiger partial charge on any atom is -0.497 e. The van der Waals surface area contributed by atoms with Gasteiger partial charge in [-0.1, -0.05) is 17.7 Å². The van der Waals surface area contributed by atoms with E-state index in [1.54, 1.807) is 31.4 Å². The molecule has 1 aliphatic heterocycles. The number of guanidine groups is 1. The molecule has 2 aromatic rings. The molecule has 7 nitrogen and oxygen atoms in total. The SMILES string of the molecule is COc1ccc(NC(=O)CC2N=C(Nc3ccc(C)cc3C)NC2=O)cc1. The lowest BCUT2D eigenvalue weighted by molar-refractivity contribution is -0.123. The number of hydrogen-bond acceptors (Lipinski definition) is 5. The smallest absolute Gasteiger partial charge is 0.252 e. The topological polar surface area (TPSA) is 91.8 Å². The minimum atomic E-state index is -0.753. The highest BCUT2D eigenvalue weighted by Crippen LogP contribution is 2.18. The summed E-state index contributed by atoms with van der Waals surface area (Å²) in [7, 11) is 1.58. The van der Waals surface area contributed by atoms with Crippen molar-refractivity contribution in [2.75, 3.05) is 17.7 Å². The van der Waals surface area contributed by atoms with Crippen molar-refractivity contribution in [3.63, 3.8) is 0 Å². The molecule has 2 amide bonds. The lowest BCUT2D eigenvalue weighted by atomic mass is 10.1. The molecule has 0 aliphatic carbocycles. The van der Waals surface area contributed by atoms with E-state index < -0.39 is 6.04 Å². The molecule has 7 heteroatoms. The Kier molecular flexibility index (Phi) is 5.40. The van der Waals surface area contributed by atoms with Crippen LogP contribution in [0.4, 0.5) is 11.4 Å². The summed E-state index contributed by atoms with van der Waals surface area (Å²) in [6.45, 7) is 4.00. The molecule has 0 aromatic heterocycles. The normalized spacial score (nSPS) is 15.7. The highest BCUT2D eigenvalue weighted by molar-refractivity contribution is 6.12. The largest absolute Gasteiger partial charge is 0.497 e. The molecular weight excluding hydrogens is 344 g/mol. The first-order valence-electron chi connectivity index (χ1n) is 8.61. The Labute approximate surface area is 157 Å². The Morgan fingerprint density at radius 3 is 2.59 bits per heavy atom. The van der Waals surface area contributed by atoms with Gasteiger partial charge in [-0.3, -0.25) is 14.9 Å². The van der Waals surface area contributed by atoms with Crippen molar-refractivity contribution in [2.24, 2.45) is 4.99 Å². The molecule has 140 valence electrons. The zero-order valence-electron chi connectivity index (χ0n) is 15.5. The summed E-state index contributed by atoms with van der Waals surface area (Å²) in [5.41, 5.74) is 3.70. The molecule has 0 saturated heterocycles. The molecule has 0 radical (unpaired) electrons. The lowest BCUT2D eigenvalue weighted by Gasteiger charge is -2.09. The molecular formula is C20H22N4O3. The average molecular weight is 366 g/mol. The van der Waals surface area contributed by atoms with E-state index in [4.69, 9.17) is 4.74 Å². The van der Waals surface area contributed by atoms with Gasteiger partial charge in [0.25, 0.3) is 5.91 Å². The number of rotatable bonds is 5. The number of aryl methyl sites for hydroxylation is 2. The van der Waals surface area contributed by atoms with E-state index in [9.17, 15) is 9.59 Å². The number of carbonyl (C=O) groups is 2. The van der Waals surface area contributed by atoms with E-state index in [-0.39, 0.29) is 18.2 Å². The predicted octanol–water partition coefficient (Wildman–Crippen LogP) is 2.61. The van der Waals surface area contributed by atoms with E-state index in [1.807, 2.05) is 32.0 Å². The van der Waals surface area contributed by atoms with Crippen LogP contribution in [0.25, 0.3) is 0 Å². The van der Waals surface area contributed by atoms with Gasteiger partial charge in [-0.2, -0.15) is 0 Å². The van der Waals surface area contributed by atoms with Crippen LogP contribution >= 0.6 is 0 Å². The van der Waals surface area contributed by atoms with Gasteiger partial charge < -0.3 is 15.4 Å². The molecule has 1 atom stereocenters. The van der Waals surface area contributed by atoms with E-state index in [2.05, 4.69) is 20.9 Å². The van der Waals surface area contributed by atoms with Crippen LogP contribution in [0.2, 0.25) is 0 Å². The second-order valence-corrected chi connectivity index (χ2v) is 6.41. The van der Waals surface area contributed by atoms with Gasteiger partial charge in [0.1, 0.15) is 11.8 Å². The third-order valence-electron chi connectivity index (χ3n) is 4.22. The van der Waals surface area contributed by atoms with Crippen LogP contribution in [0.3, 0.4) is 0 Å². The van der Waals surface area contributed by atoms with Crippen molar-refractivity contribution >= 4 is 29.1 Å². The fourth-order valence-corrected chi connectivity index (χ4v) is 2.79. The van der Waals surface area contributed by atoms with E-state index >= 15 is 0 Å². The Balaban J connectivity index is 1.60. The fourth-order valence-electron chi connectivity index (χ4n) is 2.79. The van der Waals surface area contributed by atoms with Gasteiger partial charge >= 0.3 is 0 Å². The second kappa shape index (κ2) is 7.90. The van der Waals surface area contributed by atoms with Crippen molar-refractivity contribution in [1.82, 2.24) is 5.32 Å². The summed E-state index contributed by atoms with van der Waals surface area (Å²) in [6, 6.07) is 12.2. The Bertz CT molecular complexity index is 891. The number of amides is 2. The quantitative estimate of drug-likeness (QED) is 0.758. The van der Waals surface area contributed by atoms with Gasteiger partial charge in [0.15, 0.2) is 0 Å². The molecule has 3 N–H and O–H groups in total. The summed E-state index contributed by atoms with van der Waals surface area (Å²) in [4.78, 5) is 28.6. The lowest BCUT2D eigenvalue weighted by Crippen LogP contribution is -2.34. The first kappa shape index (κ1) is 18.4. The van der Waals surface area contributed by atoms with E-state index in [0.29, 0.717) is 17.4 Å². The summed E-state index contributed by atoms with van der Waals surface area (Å²) in [6.07, 6.45) is -0.0318. The maximum Gasteiger partial charge on any atom is 0.252 e. The maximum atomic E-state index is 12.2. The minimum absolute atomic E-state index is 0.0318. The summed E-state index contributed by atoms with van der Waals surface area (Å²) < 4.78 is 5.08. The van der Waals surface area contributed by atoms with Crippen LogP contribution in [0, 0.1) is 13.8 Å². The van der Waals surface area contributed by atoms with Crippen molar-refractivity contribution in [3.05, 3.63) is 53.6 Å². The highest BCUT2D eigenvalue weighted by atomic mass is 16.5.